The smallest absolute Gasteiger partial charge is 0.313 e. The summed E-state index contributed by atoms with van der Waals surface area (Å²) in [5.41, 5.74) is 3.13. The Morgan fingerprint density at radius 3 is 2.25 bits per heavy atom. The van der Waals surface area contributed by atoms with Crippen LogP contribution in [0.25, 0.3) is 0 Å². The third kappa shape index (κ3) is 6.86. The molecule has 53 heavy (non-hydrogen) atoms. The molecule has 11 heteroatoms. The van der Waals surface area contributed by atoms with Crippen molar-refractivity contribution >= 4 is 17.5 Å². The fourth-order valence-electron chi connectivity index (χ4n) is 6.55. The van der Waals surface area contributed by atoms with E-state index in [1.807, 2.05) is 6.07 Å². The standard InChI is InChI=1S/C42H36O11/c1-22-16-30(44)36-34(17-22)53-41(39(47)38(36)46)28-13-15-31-33(20-28)52-40(27-12-14-29(43)32(19-27)49-3)35(51-31)21-50-42(48)23(2)25-10-7-11-26(18-25)37(45)24-8-5-4-6-9-24/h4-20,23,35,39-41,43-44,47H,21H2,1-3H3/t23-,35-,39?,40?,41-/m0/s1. The Balaban J connectivity index is 1.13. The minimum atomic E-state index is -1.61. The Labute approximate surface area is 304 Å². The number of aromatic hydroxyl groups is 2. The highest BCUT2D eigenvalue weighted by Crippen LogP contribution is 2.45. The molecular formula is C42H36O11. The van der Waals surface area contributed by atoms with Crippen molar-refractivity contribution in [3.05, 3.63) is 142 Å². The molecule has 2 unspecified atom stereocenters. The molecule has 2 heterocycles. The maximum Gasteiger partial charge on any atom is 0.313 e. The molecule has 0 radical (unpaired) electrons. The highest BCUT2D eigenvalue weighted by Gasteiger charge is 2.41. The second kappa shape index (κ2) is 14.4. The van der Waals surface area contributed by atoms with Gasteiger partial charge in [0.15, 0.2) is 53.2 Å². The Kier molecular flexibility index (Phi) is 9.51. The summed E-state index contributed by atoms with van der Waals surface area (Å²) in [5, 5.41) is 31.6. The third-order valence-corrected chi connectivity index (χ3v) is 9.41. The van der Waals surface area contributed by atoms with Crippen molar-refractivity contribution in [3.63, 3.8) is 0 Å². The minimum absolute atomic E-state index is 0.0849. The van der Waals surface area contributed by atoms with Crippen LogP contribution in [0.4, 0.5) is 0 Å². The number of Topliss-reactive ketones (excluding diaryl/α,β-unsaturated/α-hetero) is 1. The lowest BCUT2D eigenvalue weighted by molar-refractivity contribution is -0.150. The number of aryl methyl sites for hydroxylation is 1. The summed E-state index contributed by atoms with van der Waals surface area (Å²) in [6.07, 6.45) is -4.46. The molecule has 0 spiro atoms. The van der Waals surface area contributed by atoms with Crippen LogP contribution in [-0.2, 0) is 9.53 Å². The molecule has 2 aliphatic heterocycles. The van der Waals surface area contributed by atoms with Gasteiger partial charge in [-0.15, -0.1) is 0 Å². The van der Waals surface area contributed by atoms with E-state index in [-0.39, 0.29) is 46.7 Å². The molecule has 0 saturated carbocycles. The maximum atomic E-state index is 13.4. The number of methoxy groups -OCH3 is 1. The number of carbonyl (C=O) groups is 3. The van der Waals surface area contributed by atoms with E-state index in [0.29, 0.717) is 39.1 Å². The second-order valence-corrected chi connectivity index (χ2v) is 13.0. The molecule has 11 nitrogen and oxygen atoms in total. The first-order chi connectivity index (χ1) is 25.5. The molecule has 0 bridgehead atoms. The number of phenolic OH excluding ortho intramolecular Hbond substituents is 2. The SMILES string of the molecule is COc1cc(C2Oc3cc([C@@H]4Oc5cc(C)cc(O)c5C(=O)C4O)ccc3O[C@H]2COC(=O)[C@@H](C)c2cccc(C(=O)c3ccccc3)c2)ccc1O. The predicted octanol–water partition coefficient (Wildman–Crippen LogP) is 6.55. The number of esters is 1. The number of aliphatic hydroxyl groups excluding tert-OH is 1. The molecular weight excluding hydrogens is 680 g/mol. The summed E-state index contributed by atoms with van der Waals surface area (Å²) >= 11 is 0. The van der Waals surface area contributed by atoms with Crippen molar-refractivity contribution in [2.24, 2.45) is 0 Å². The lowest BCUT2D eigenvalue weighted by Crippen LogP contribution is -2.38. The van der Waals surface area contributed by atoms with Crippen LogP contribution in [0.1, 0.15) is 73.6 Å². The van der Waals surface area contributed by atoms with Gasteiger partial charge in [-0.3, -0.25) is 14.4 Å². The average molecular weight is 717 g/mol. The predicted molar refractivity (Wildman–Crippen MR) is 191 cm³/mol. The number of rotatable bonds is 9. The first-order valence-corrected chi connectivity index (χ1v) is 17.0. The zero-order valence-electron chi connectivity index (χ0n) is 29.0. The van der Waals surface area contributed by atoms with Gasteiger partial charge in [-0.25, -0.2) is 0 Å². The molecule has 0 saturated heterocycles. The quantitative estimate of drug-likeness (QED) is 0.112. The molecule has 270 valence electrons. The number of benzene rings is 5. The number of ether oxygens (including phenoxy) is 5. The summed E-state index contributed by atoms with van der Waals surface area (Å²) in [5.74, 6) is -1.56. The Morgan fingerprint density at radius 1 is 0.755 bits per heavy atom. The maximum absolute atomic E-state index is 13.4. The van der Waals surface area contributed by atoms with Crippen LogP contribution in [0.15, 0.2) is 103 Å². The summed E-state index contributed by atoms with van der Waals surface area (Å²) in [6.45, 7) is 3.22. The first-order valence-electron chi connectivity index (χ1n) is 17.0. The Morgan fingerprint density at radius 2 is 1.47 bits per heavy atom. The van der Waals surface area contributed by atoms with Gasteiger partial charge in [0.05, 0.1) is 13.0 Å². The van der Waals surface area contributed by atoms with Crippen LogP contribution >= 0.6 is 0 Å². The van der Waals surface area contributed by atoms with Crippen molar-refractivity contribution in [2.75, 3.05) is 13.7 Å². The van der Waals surface area contributed by atoms with Crippen molar-refractivity contribution in [2.45, 2.75) is 44.2 Å². The molecule has 3 N–H and O–H groups in total. The highest BCUT2D eigenvalue weighted by molar-refractivity contribution is 6.09. The van der Waals surface area contributed by atoms with Gasteiger partial charge in [-0.05, 0) is 73.0 Å². The largest absolute Gasteiger partial charge is 0.507 e. The lowest BCUT2D eigenvalue weighted by Gasteiger charge is -2.35. The number of ketones is 2. The topological polar surface area (TPSA) is 158 Å². The monoisotopic (exact) mass is 716 g/mol. The van der Waals surface area contributed by atoms with E-state index in [1.54, 1.807) is 98.8 Å². The molecule has 2 aliphatic rings. The summed E-state index contributed by atoms with van der Waals surface area (Å²) < 4.78 is 30.0. The van der Waals surface area contributed by atoms with Crippen molar-refractivity contribution in [3.8, 4) is 34.5 Å². The van der Waals surface area contributed by atoms with E-state index in [1.165, 1.54) is 19.2 Å². The molecule has 0 fully saturated rings. The second-order valence-electron chi connectivity index (χ2n) is 13.0. The number of fused-ring (bicyclic) bond motifs is 2. The Bertz CT molecular complexity index is 2210. The van der Waals surface area contributed by atoms with Gasteiger partial charge >= 0.3 is 5.97 Å². The van der Waals surface area contributed by atoms with Crippen LogP contribution in [0.3, 0.4) is 0 Å². The average Bonchev–Trinajstić information content (AvgIpc) is 3.17. The van der Waals surface area contributed by atoms with E-state index in [2.05, 4.69) is 0 Å². The molecule has 0 aromatic heterocycles. The number of hydrogen-bond donors (Lipinski definition) is 3. The lowest BCUT2D eigenvalue weighted by atomic mass is 9.92. The first kappa shape index (κ1) is 35.1. The molecule has 5 aromatic carbocycles. The molecule has 0 amide bonds. The van der Waals surface area contributed by atoms with Gasteiger partial charge < -0.3 is 39.0 Å². The van der Waals surface area contributed by atoms with Gasteiger partial charge in [0, 0.05) is 16.7 Å². The zero-order chi connectivity index (χ0) is 37.4. The van der Waals surface area contributed by atoms with E-state index < -0.39 is 42.1 Å². The van der Waals surface area contributed by atoms with Gasteiger partial charge in [0.25, 0.3) is 0 Å². The van der Waals surface area contributed by atoms with Crippen LogP contribution in [-0.4, -0.2) is 58.8 Å². The molecule has 5 atom stereocenters. The van der Waals surface area contributed by atoms with Gasteiger partial charge in [0.1, 0.15) is 23.7 Å². The van der Waals surface area contributed by atoms with E-state index in [0.717, 1.165) is 0 Å². The van der Waals surface area contributed by atoms with E-state index in [4.69, 9.17) is 23.7 Å². The van der Waals surface area contributed by atoms with Crippen LogP contribution in [0.5, 0.6) is 34.5 Å². The van der Waals surface area contributed by atoms with Crippen LogP contribution in [0, 0.1) is 6.92 Å². The van der Waals surface area contributed by atoms with Crippen LogP contribution in [0.2, 0.25) is 0 Å². The highest BCUT2D eigenvalue weighted by atomic mass is 16.6. The van der Waals surface area contributed by atoms with E-state index >= 15 is 0 Å². The van der Waals surface area contributed by atoms with Crippen LogP contribution < -0.4 is 18.9 Å². The summed E-state index contributed by atoms with van der Waals surface area (Å²) in [6, 6.07) is 28.3. The number of hydrogen-bond acceptors (Lipinski definition) is 11. The number of carbonyl (C=O) groups excluding carboxylic acids is 3. The van der Waals surface area contributed by atoms with Gasteiger partial charge in [-0.2, -0.15) is 0 Å². The van der Waals surface area contributed by atoms with E-state index in [9.17, 15) is 29.7 Å². The number of phenols is 2. The third-order valence-electron chi connectivity index (χ3n) is 9.41. The molecule has 7 rings (SSSR count). The van der Waals surface area contributed by atoms with Gasteiger partial charge in [0.2, 0.25) is 5.78 Å². The normalized spacial score (nSPS) is 19.4. The van der Waals surface area contributed by atoms with Crippen molar-refractivity contribution < 1.29 is 53.4 Å². The minimum Gasteiger partial charge on any atom is -0.507 e. The number of aliphatic hydroxyl groups is 1. The van der Waals surface area contributed by atoms with Crippen molar-refractivity contribution in [1.82, 2.24) is 0 Å². The fourth-order valence-corrected chi connectivity index (χ4v) is 6.55. The fraction of sp³-hybridized carbons (Fsp3) is 0.214. The molecule has 5 aromatic rings. The van der Waals surface area contributed by atoms with Crippen molar-refractivity contribution in [1.29, 1.82) is 0 Å². The summed E-state index contributed by atoms with van der Waals surface area (Å²) in [4.78, 5) is 39.6. The van der Waals surface area contributed by atoms with Gasteiger partial charge in [-0.1, -0.05) is 60.7 Å². The Hall–Kier alpha value is -6.33. The molecule has 0 aliphatic carbocycles. The zero-order valence-corrected chi connectivity index (χ0v) is 29.0. The summed E-state index contributed by atoms with van der Waals surface area (Å²) in [7, 11) is 1.41.